The van der Waals surface area contributed by atoms with Gasteiger partial charge in [0.1, 0.15) is 0 Å². The molecule has 0 radical (unpaired) electrons. The molecule has 8 heavy (non-hydrogen) atoms. The summed E-state index contributed by atoms with van der Waals surface area (Å²) in [5.74, 6) is 0. The van der Waals surface area contributed by atoms with Gasteiger partial charge < -0.3 is 0 Å². The van der Waals surface area contributed by atoms with E-state index >= 15 is 0 Å². The van der Waals surface area contributed by atoms with Crippen molar-refractivity contribution in [3.05, 3.63) is 0 Å². The van der Waals surface area contributed by atoms with E-state index in [-0.39, 0.29) is 46.9 Å². The molecule has 0 unspecified atom stereocenters. The summed E-state index contributed by atoms with van der Waals surface area (Å²) in [6, 6.07) is 0. The van der Waals surface area contributed by atoms with Crippen molar-refractivity contribution in [3.8, 4) is 0 Å². The van der Waals surface area contributed by atoms with Gasteiger partial charge in [0.05, 0.1) is 0 Å². The first-order valence-corrected chi connectivity index (χ1v) is 3.04. The average molecular weight is 236 g/mol. The Morgan fingerprint density at radius 3 is 0.750 bits per heavy atom. The summed E-state index contributed by atoms with van der Waals surface area (Å²) in [5, 5.41) is 0. The average Bonchev–Trinajstić information content (AvgIpc) is 0.592. The van der Waals surface area contributed by atoms with Crippen molar-refractivity contribution in [1.29, 1.82) is 0 Å². The Morgan fingerprint density at radius 2 is 0.750 bits per heavy atom. The van der Waals surface area contributed by atoms with Crippen LogP contribution in [0, 0.1) is 0 Å². The summed E-state index contributed by atoms with van der Waals surface area (Å²) in [7, 11) is -10.7. The second-order valence-corrected chi connectivity index (χ2v) is 2.87. The molecule has 0 amide bonds. The molecule has 0 aromatic carbocycles. The van der Waals surface area contributed by atoms with E-state index in [4.69, 9.17) is 0 Å². The fraction of sp³-hybridized carbons (Fsp3) is 0. The number of hydrogen-bond acceptors (Lipinski definition) is 0. The van der Waals surface area contributed by atoms with Gasteiger partial charge in [0, 0.05) is 0 Å². The summed E-state index contributed by atoms with van der Waals surface area (Å²) in [4.78, 5) is 0. The Balaban J connectivity index is -0.000000180. The van der Waals surface area contributed by atoms with Crippen LogP contribution in [0.1, 0.15) is 1.43 Å². The van der Waals surface area contributed by atoms with Gasteiger partial charge in [-0.15, -0.1) is 0 Å². The zero-order chi connectivity index (χ0) is 6.41. The van der Waals surface area contributed by atoms with E-state index in [2.05, 4.69) is 0 Å². The molecule has 0 fully saturated rings. The van der Waals surface area contributed by atoms with E-state index in [9.17, 15) is 25.2 Å². The predicted octanol–water partition coefficient (Wildman–Crippen LogP) is 2.58. The third-order valence-electron chi connectivity index (χ3n) is 0. The van der Waals surface area contributed by atoms with Gasteiger partial charge in [0.25, 0.3) is 0 Å². The van der Waals surface area contributed by atoms with E-state index in [1.807, 2.05) is 0 Å². The molecule has 0 aromatic rings. The second-order valence-electron chi connectivity index (χ2n) is 0.958. The summed E-state index contributed by atoms with van der Waals surface area (Å²) in [6.45, 7) is 0. The molecule has 52 valence electrons. The third kappa shape index (κ3) is 142. The standard InChI is InChI=1S/F6P.Sr.2H/c1-7(2,3,4,5)6;;;/q-1;;;/p+1. The predicted molar refractivity (Wildman–Crippen MR) is 23.2 cm³/mol. The van der Waals surface area contributed by atoms with Crippen LogP contribution in [-0.2, 0) is 0 Å². The maximum absolute atomic E-state index is 10.7. The minimum absolute atomic E-state index is 0. The van der Waals surface area contributed by atoms with Crippen LogP contribution in [0.4, 0.5) is 25.2 Å². The van der Waals surface area contributed by atoms with Crippen molar-refractivity contribution < 1.29 is 26.6 Å². The quantitative estimate of drug-likeness (QED) is 0.344. The van der Waals surface area contributed by atoms with Crippen LogP contribution in [0.15, 0.2) is 0 Å². The van der Waals surface area contributed by atoms with E-state index in [1.54, 1.807) is 0 Å². The molecular formula is H3F6PSr. The Bertz CT molecular complexity index is 71.6. The van der Waals surface area contributed by atoms with Crippen molar-refractivity contribution in [2.75, 3.05) is 0 Å². The van der Waals surface area contributed by atoms with E-state index in [0.29, 0.717) is 0 Å². The van der Waals surface area contributed by atoms with Gasteiger partial charge in [-0.25, -0.2) is 0 Å². The van der Waals surface area contributed by atoms with Crippen LogP contribution in [0.25, 0.3) is 0 Å². The molecule has 8 heteroatoms. The van der Waals surface area contributed by atoms with Crippen LogP contribution in [0.3, 0.4) is 0 Å². The van der Waals surface area contributed by atoms with E-state index in [0.717, 1.165) is 0 Å². The molecule has 0 aromatic heterocycles. The van der Waals surface area contributed by atoms with Crippen molar-refractivity contribution in [3.63, 3.8) is 0 Å². The van der Waals surface area contributed by atoms with Gasteiger partial charge in [0.2, 0.25) is 0 Å². The summed E-state index contributed by atoms with van der Waals surface area (Å²) >= 11 is 0. The van der Waals surface area contributed by atoms with Gasteiger partial charge in [-0.05, 0) is 0 Å². The molecule has 0 atom stereocenters. The first-order valence-electron chi connectivity index (χ1n) is 1.01. The molecule has 0 heterocycles. The Hall–Kier alpha value is 1.49. The number of hydrogen-bond donors (Lipinski definition) is 0. The molecule has 0 spiro atoms. The third-order valence-corrected chi connectivity index (χ3v) is 0. The molecule has 0 aliphatic heterocycles. The fourth-order valence-electron chi connectivity index (χ4n) is 0. The summed E-state index contributed by atoms with van der Waals surface area (Å²) in [6.07, 6.45) is 0. The van der Waals surface area contributed by atoms with Crippen molar-refractivity contribution in [1.82, 2.24) is 0 Å². The van der Waals surface area contributed by atoms with Crippen LogP contribution in [-0.4, -0.2) is 45.5 Å². The van der Waals surface area contributed by atoms with E-state index < -0.39 is 7.81 Å². The molecule has 0 saturated heterocycles. The zero-order valence-corrected chi connectivity index (χ0v) is 3.61. The van der Waals surface area contributed by atoms with Gasteiger partial charge in [-0.1, -0.05) is 0 Å². The normalized spacial score (nSPS) is 20.2. The van der Waals surface area contributed by atoms with Crippen molar-refractivity contribution in [2.24, 2.45) is 0 Å². The molecular weight excluding hydrogens is 233 g/mol. The van der Waals surface area contributed by atoms with Crippen LogP contribution in [0.2, 0.25) is 0 Å². The molecule has 0 aliphatic rings. The molecule has 0 saturated carbocycles. The first-order chi connectivity index (χ1) is 2.45. The Morgan fingerprint density at radius 1 is 0.750 bits per heavy atom. The molecule has 0 aliphatic carbocycles. The summed E-state index contributed by atoms with van der Waals surface area (Å²) in [5.41, 5.74) is 0. The molecule has 0 N–H and O–H groups in total. The Kier molecular flexibility index (Phi) is 2.67. The molecule has 0 nitrogen and oxygen atoms in total. The summed E-state index contributed by atoms with van der Waals surface area (Å²) < 4.78 is 59.2. The van der Waals surface area contributed by atoms with Gasteiger partial charge in [-0.3, -0.25) is 0 Å². The first kappa shape index (κ1) is 12.2. The van der Waals surface area contributed by atoms with Crippen molar-refractivity contribution >= 4 is 53.3 Å². The van der Waals surface area contributed by atoms with Crippen LogP contribution in [0.5, 0.6) is 0 Å². The van der Waals surface area contributed by atoms with E-state index in [1.165, 1.54) is 0 Å². The van der Waals surface area contributed by atoms with Crippen LogP contribution >= 0.6 is 7.81 Å². The zero-order valence-electron chi connectivity index (χ0n) is 3.72. The van der Waals surface area contributed by atoms with Gasteiger partial charge >= 0.3 is 79.9 Å². The maximum atomic E-state index is 9.87. The monoisotopic (exact) mass is 236 g/mol. The fourth-order valence-corrected chi connectivity index (χ4v) is 0. The van der Waals surface area contributed by atoms with Gasteiger partial charge in [-0.2, -0.15) is 0 Å². The SMILES string of the molecule is F[P-](F)(F)(F)(F)F.[H+].[SrH2]. The topological polar surface area (TPSA) is 0 Å². The van der Waals surface area contributed by atoms with Gasteiger partial charge in [0.15, 0.2) is 0 Å². The Labute approximate surface area is 79.2 Å². The molecule has 0 rings (SSSR count). The molecule has 0 bridgehead atoms. The number of rotatable bonds is 0. The minimum atomic E-state index is -10.7. The van der Waals surface area contributed by atoms with Crippen molar-refractivity contribution in [2.45, 2.75) is 0 Å². The number of halogens is 6. The van der Waals surface area contributed by atoms with Crippen LogP contribution < -0.4 is 0 Å². The second kappa shape index (κ2) is 1.75.